The molecule has 2 heterocycles. The Balaban J connectivity index is 1.90. The number of nitrogens with two attached hydrogens (primary N) is 1. The maximum atomic E-state index is 11.5. The lowest BCUT2D eigenvalue weighted by atomic mass is 10.0. The Labute approximate surface area is 146 Å². The van der Waals surface area contributed by atoms with Gasteiger partial charge in [-0.05, 0) is 15.9 Å². The third-order valence-corrected chi connectivity index (χ3v) is 4.57. The normalized spacial score (nSPS) is 18.0. The van der Waals surface area contributed by atoms with Gasteiger partial charge in [0.15, 0.2) is 11.5 Å². The van der Waals surface area contributed by atoms with Crippen LogP contribution in [0, 0.1) is 0 Å². The Morgan fingerprint density at radius 3 is 2.71 bits per heavy atom. The molecule has 1 aromatic carbocycles. The Morgan fingerprint density at radius 2 is 2.04 bits per heavy atom. The molecular weight excluding hydrogens is 386 g/mol. The van der Waals surface area contributed by atoms with Crippen molar-refractivity contribution in [3.63, 3.8) is 0 Å². The van der Waals surface area contributed by atoms with Crippen LogP contribution in [-0.4, -0.2) is 38.7 Å². The van der Waals surface area contributed by atoms with Gasteiger partial charge in [0.2, 0.25) is 18.3 Å². The molecule has 0 radical (unpaired) electrons. The summed E-state index contributed by atoms with van der Waals surface area (Å²) in [7, 11) is 3.06. The van der Waals surface area contributed by atoms with Crippen LogP contribution in [0.25, 0.3) is 0 Å². The van der Waals surface area contributed by atoms with E-state index in [0.29, 0.717) is 40.3 Å². The number of hydrogen-bond acceptors (Lipinski definition) is 8. The van der Waals surface area contributed by atoms with E-state index in [2.05, 4.69) is 21.1 Å². The molecule has 1 amide bonds. The fourth-order valence-electron chi connectivity index (χ4n) is 2.65. The summed E-state index contributed by atoms with van der Waals surface area (Å²) in [4.78, 5) is 16.8. The first-order chi connectivity index (χ1) is 11.6. The maximum Gasteiger partial charge on any atom is 0.283 e. The molecule has 0 saturated carbocycles. The monoisotopic (exact) mass is 401 g/mol. The number of hydrogen-bond donors (Lipinski definition) is 2. The molecule has 3 N–H and O–H groups in total. The topological polar surface area (TPSA) is 114 Å². The average Bonchev–Trinajstić information content (AvgIpc) is 3.25. The van der Waals surface area contributed by atoms with E-state index in [4.69, 9.17) is 29.6 Å². The largest absolute Gasteiger partial charge is 0.492 e. The van der Waals surface area contributed by atoms with E-state index in [1.165, 1.54) is 14.2 Å². The first-order valence-electron chi connectivity index (χ1n) is 7.06. The van der Waals surface area contributed by atoms with Gasteiger partial charge in [0.1, 0.15) is 11.8 Å². The van der Waals surface area contributed by atoms with E-state index >= 15 is 0 Å². The highest BCUT2D eigenvalue weighted by molar-refractivity contribution is 9.10. The van der Waals surface area contributed by atoms with E-state index in [1.54, 1.807) is 0 Å². The number of fused-ring (bicyclic) bond motifs is 1. The summed E-state index contributed by atoms with van der Waals surface area (Å²) >= 11 is 3.52. The molecule has 9 nitrogen and oxygen atoms in total. The number of hydrazine groups is 1. The predicted octanol–water partition coefficient (Wildman–Crippen LogP) is 0.872. The second-order valence-corrected chi connectivity index (χ2v) is 5.86. The highest BCUT2D eigenvalue weighted by Crippen LogP contribution is 2.54. The number of nitrogens with zero attached hydrogens (tertiary/aromatic N) is 1. The minimum Gasteiger partial charge on any atom is -0.492 e. The van der Waals surface area contributed by atoms with Gasteiger partial charge >= 0.3 is 0 Å². The summed E-state index contributed by atoms with van der Waals surface area (Å²) in [6.07, 6.45) is 0.407. The average molecular weight is 402 g/mol. The lowest BCUT2D eigenvalue weighted by Gasteiger charge is -2.18. The quantitative estimate of drug-likeness (QED) is 0.427. The molecule has 2 aliphatic heterocycles. The van der Waals surface area contributed by atoms with Gasteiger partial charge in [-0.2, -0.15) is 0 Å². The van der Waals surface area contributed by atoms with Gasteiger partial charge in [-0.3, -0.25) is 10.2 Å². The van der Waals surface area contributed by atoms with Crippen LogP contribution < -0.4 is 30.2 Å². The number of benzene rings is 1. The fraction of sp³-hybridized carbons (Fsp3) is 0.429. The predicted molar refractivity (Wildman–Crippen MR) is 86.3 cm³/mol. The number of nitrogens with one attached hydrogen (secondary N) is 1. The number of amides is 1. The summed E-state index contributed by atoms with van der Waals surface area (Å²) in [6, 6.07) is 0. The van der Waals surface area contributed by atoms with Crippen molar-refractivity contribution in [1.82, 2.24) is 5.43 Å². The molecular formula is C14H16BrN3O6. The fourth-order valence-corrected chi connectivity index (χ4v) is 3.29. The first-order valence-corrected chi connectivity index (χ1v) is 7.85. The van der Waals surface area contributed by atoms with Gasteiger partial charge in [-0.25, -0.2) is 5.84 Å². The Hall–Kier alpha value is -2.20. The number of methoxy groups -OCH3 is 2. The number of carbonyl (C=O) groups is 1. The molecule has 10 heteroatoms. The smallest absolute Gasteiger partial charge is 0.283 e. The molecule has 0 aromatic heterocycles. The molecule has 0 aliphatic carbocycles. The van der Waals surface area contributed by atoms with Crippen molar-refractivity contribution in [1.29, 1.82) is 0 Å². The van der Waals surface area contributed by atoms with Crippen LogP contribution >= 0.6 is 15.9 Å². The van der Waals surface area contributed by atoms with Crippen molar-refractivity contribution in [2.75, 3.05) is 21.0 Å². The summed E-state index contributed by atoms with van der Waals surface area (Å²) < 4.78 is 22.6. The number of ether oxygens (including phenoxy) is 4. The molecule has 0 spiro atoms. The van der Waals surface area contributed by atoms with Crippen LogP contribution in [0.1, 0.15) is 12.0 Å². The van der Waals surface area contributed by atoms with Crippen molar-refractivity contribution in [2.24, 2.45) is 11.0 Å². The van der Waals surface area contributed by atoms with Crippen LogP contribution in [0.15, 0.2) is 9.63 Å². The third-order valence-electron chi connectivity index (χ3n) is 3.73. The Morgan fingerprint density at radius 1 is 1.33 bits per heavy atom. The van der Waals surface area contributed by atoms with Crippen LogP contribution in [0.4, 0.5) is 0 Å². The van der Waals surface area contributed by atoms with Crippen LogP contribution in [0.3, 0.4) is 0 Å². The van der Waals surface area contributed by atoms with Crippen molar-refractivity contribution in [2.45, 2.75) is 18.9 Å². The second-order valence-electron chi connectivity index (χ2n) is 5.07. The molecule has 0 unspecified atom stereocenters. The minimum atomic E-state index is -0.466. The molecule has 1 atom stereocenters. The minimum absolute atomic E-state index is 0.0980. The highest BCUT2D eigenvalue weighted by atomic mass is 79.9. The molecule has 0 bridgehead atoms. The van der Waals surface area contributed by atoms with Gasteiger partial charge in [0, 0.05) is 18.4 Å². The van der Waals surface area contributed by atoms with E-state index in [-0.39, 0.29) is 18.6 Å². The van der Waals surface area contributed by atoms with Crippen molar-refractivity contribution < 1.29 is 28.6 Å². The number of oxime groups is 1. The maximum absolute atomic E-state index is 11.5. The first kappa shape index (κ1) is 16.7. The van der Waals surface area contributed by atoms with E-state index in [9.17, 15) is 4.79 Å². The molecule has 0 fully saturated rings. The molecule has 24 heavy (non-hydrogen) atoms. The summed E-state index contributed by atoms with van der Waals surface area (Å²) in [5.74, 6) is 6.62. The zero-order chi connectivity index (χ0) is 17.3. The van der Waals surface area contributed by atoms with Crippen molar-refractivity contribution >= 4 is 27.5 Å². The Kier molecular flexibility index (Phi) is 4.67. The van der Waals surface area contributed by atoms with Crippen LogP contribution in [0.2, 0.25) is 0 Å². The zero-order valence-electron chi connectivity index (χ0n) is 13.1. The van der Waals surface area contributed by atoms with Crippen molar-refractivity contribution in [3.05, 3.63) is 10.0 Å². The SMILES string of the molecule is COc1c(C[C@H]2CC(C(=O)NN)=NO2)c(Br)c2c(c1OC)OCO2. The number of halogens is 1. The molecule has 130 valence electrons. The zero-order valence-corrected chi connectivity index (χ0v) is 14.6. The van der Waals surface area contributed by atoms with Gasteiger partial charge in [0.25, 0.3) is 5.91 Å². The standard InChI is InChI=1S/C14H16BrN3O6/c1-20-10-7(3-6-4-8(18-24-6)14(19)17-16)9(15)11-13(12(10)21-2)23-5-22-11/h6H,3-5,16H2,1-2H3,(H,17,19)/t6-/m0/s1. The van der Waals surface area contributed by atoms with Crippen LogP contribution in [-0.2, 0) is 16.1 Å². The number of rotatable bonds is 5. The molecule has 1 aromatic rings. The third kappa shape index (κ3) is 2.71. The molecule has 3 rings (SSSR count). The highest BCUT2D eigenvalue weighted by Gasteiger charge is 2.34. The van der Waals surface area contributed by atoms with Gasteiger partial charge in [-0.1, -0.05) is 5.16 Å². The summed E-state index contributed by atoms with van der Waals surface area (Å²) in [5.41, 5.74) is 3.05. The Bertz CT molecular complexity index is 708. The lowest BCUT2D eigenvalue weighted by Crippen LogP contribution is -2.36. The van der Waals surface area contributed by atoms with E-state index in [1.807, 2.05) is 5.43 Å². The number of carbonyl (C=O) groups excluding carboxylic acids is 1. The van der Waals surface area contributed by atoms with E-state index < -0.39 is 5.91 Å². The summed E-state index contributed by atoms with van der Waals surface area (Å²) in [5, 5.41) is 3.77. The van der Waals surface area contributed by atoms with Crippen molar-refractivity contribution in [3.8, 4) is 23.0 Å². The van der Waals surface area contributed by atoms with Crippen LogP contribution in [0.5, 0.6) is 23.0 Å². The summed E-state index contributed by atoms with van der Waals surface area (Å²) in [6.45, 7) is 0.0980. The second kappa shape index (κ2) is 6.73. The lowest BCUT2D eigenvalue weighted by molar-refractivity contribution is -0.115. The molecule has 0 saturated heterocycles. The van der Waals surface area contributed by atoms with Gasteiger partial charge < -0.3 is 23.8 Å². The van der Waals surface area contributed by atoms with E-state index in [0.717, 1.165) is 5.56 Å². The molecule has 2 aliphatic rings. The van der Waals surface area contributed by atoms with Gasteiger partial charge in [0.05, 0.1) is 18.7 Å². The van der Waals surface area contributed by atoms with Gasteiger partial charge in [-0.15, -0.1) is 0 Å².